The lowest BCUT2D eigenvalue weighted by atomic mass is 9.88. The minimum Gasteiger partial charge on any atom is -0.481 e. The quantitative estimate of drug-likeness (QED) is 0.302. The summed E-state index contributed by atoms with van der Waals surface area (Å²) in [7, 11) is 1.48. The Morgan fingerprint density at radius 1 is 0.976 bits per heavy atom. The van der Waals surface area contributed by atoms with Gasteiger partial charge in [-0.15, -0.1) is 0 Å². The summed E-state index contributed by atoms with van der Waals surface area (Å²) in [6.45, 7) is 3.75. The zero-order chi connectivity index (χ0) is 30.2. The van der Waals surface area contributed by atoms with Gasteiger partial charge in [0.1, 0.15) is 5.82 Å². The SMILES string of the molecule is CC[C@@H]1C[C@H](c2ncc(N3CCOCC3)c(Cc3cc(C(F)(F)F)cc(C(F)(F)F)c3)n2)c2nc(OC)ccc2N1N. The van der Waals surface area contributed by atoms with Gasteiger partial charge in [-0.2, -0.15) is 26.3 Å². The third-order valence-electron chi connectivity index (χ3n) is 7.61. The molecule has 42 heavy (non-hydrogen) atoms. The Balaban J connectivity index is 1.63. The van der Waals surface area contributed by atoms with Crippen LogP contribution in [-0.2, 0) is 23.5 Å². The van der Waals surface area contributed by atoms with E-state index in [4.69, 9.17) is 20.3 Å². The van der Waals surface area contributed by atoms with Crippen LogP contribution in [0.5, 0.6) is 5.88 Å². The number of hydrazine groups is 1. The third kappa shape index (κ3) is 6.09. The van der Waals surface area contributed by atoms with E-state index in [0.717, 1.165) is 12.1 Å². The molecule has 0 spiro atoms. The highest BCUT2D eigenvalue weighted by molar-refractivity contribution is 5.58. The summed E-state index contributed by atoms with van der Waals surface area (Å²) in [6, 6.07) is 5.00. The first kappa shape index (κ1) is 29.8. The second-order valence-corrected chi connectivity index (χ2v) is 10.3. The third-order valence-corrected chi connectivity index (χ3v) is 7.61. The summed E-state index contributed by atoms with van der Waals surface area (Å²) >= 11 is 0. The van der Waals surface area contributed by atoms with E-state index in [1.54, 1.807) is 23.3 Å². The molecule has 2 atom stereocenters. The lowest BCUT2D eigenvalue weighted by molar-refractivity contribution is -0.143. The van der Waals surface area contributed by atoms with Gasteiger partial charge in [0.2, 0.25) is 5.88 Å². The Hall–Kier alpha value is -3.65. The predicted molar refractivity (Wildman–Crippen MR) is 142 cm³/mol. The second kappa shape index (κ2) is 11.6. The molecule has 0 radical (unpaired) electrons. The summed E-state index contributed by atoms with van der Waals surface area (Å²) in [5, 5.41) is 1.64. The van der Waals surface area contributed by atoms with Gasteiger partial charge in [0.25, 0.3) is 0 Å². The lowest BCUT2D eigenvalue weighted by Gasteiger charge is -2.38. The van der Waals surface area contributed by atoms with Gasteiger partial charge in [0.15, 0.2) is 0 Å². The first-order valence-corrected chi connectivity index (χ1v) is 13.4. The van der Waals surface area contributed by atoms with Crippen LogP contribution in [0, 0.1) is 0 Å². The number of fused-ring (bicyclic) bond motifs is 1. The van der Waals surface area contributed by atoms with Gasteiger partial charge >= 0.3 is 12.4 Å². The van der Waals surface area contributed by atoms with Gasteiger partial charge < -0.3 is 19.4 Å². The number of morpholine rings is 1. The highest BCUT2D eigenvalue weighted by Crippen LogP contribution is 2.41. The second-order valence-electron chi connectivity index (χ2n) is 10.3. The molecule has 2 aromatic heterocycles. The van der Waals surface area contributed by atoms with E-state index in [2.05, 4.69) is 9.97 Å². The fourth-order valence-corrected chi connectivity index (χ4v) is 5.43. The van der Waals surface area contributed by atoms with Crippen LogP contribution in [0.25, 0.3) is 0 Å². The number of hydrogen-bond donors (Lipinski definition) is 1. The van der Waals surface area contributed by atoms with Crippen molar-refractivity contribution in [1.29, 1.82) is 0 Å². The van der Waals surface area contributed by atoms with E-state index in [1.807, 2.05) is 11.8 Å². The molecule has 2 N–H and O–H groups in total. The summed E-state index contributed by atoms with van der Waals surface area (Å²) in [4.78, 5) is 16.0. The monoisotopic (exact) mass is 596 g/mol. The molecule has 0 bridgehead atoms. The van der Waals surface area contributed by atoms with Gasteiger partial charge in [0, 0.05) is 31.6 Å². The molecule has 226 valence electrons. The molecule has 0 aliphatic carbocycles. The zero-order valence-electron chi connectivity index (χ0n) is 23.0. The first-order valence-electron chi connectivity index (χ1n) is 13.4. The molecule has 4 heterocycles. The van der Waals surface area contributed by atoms with E-state index in [0.29, 0.717) is 73.6 Å². The maximum atomic E-state index is 13.6. The van der Waals surface area contributed by atoms with Crippen molar-refractivity contribution in [2.45, 2.75) is 50.5 Å². The van der Waals surface area contributed by atoms with Gasteiger partial charge in [-0.1, -0.05) is 6.92 Å². The molecule has 1 saturated heterocycles. The Kier molecular flexibility index (Phi) is 8.21. The molecule has 2 aliphatic rings. The van der Waals surface area contributed by atoms with Crippen LogP contribution in [0.4, 0.5) is 37.7 Å². The van der Waals surface area contributed by atoms with Crippen LogP contribution in [0.1, 0.15) is 59.6 Å². The fraction of sp³-hybridized carbons (Fsp3) is 0.464. The number of nitrogens with two attached hydrogens (primary N) is 1. The predicted octanol–water partition coefficient (Wildman–Crippen LogP) is 5.34. The van der Waals surface area contributed by atoms with Crippen LogP contribution in [0.3, 0.4) is 0 Å². The number of ether oxygens (including phenoxy) is 2. The number of anilines is 2. The maximum absolute atomic E-state index is 13.6. The van der Waals surface area contributed by atoms with Gasteiger partial charge in [0.05, 0.1) is 66.3 Å². The number of rotatable bonds is 6. The average Bonchev–Trinajstić information content (AvgIpc) is 2.96. The fourth-order valence-electron chi connectivity index (χ4n) is 5.43. The van der Waals surface area contributed by atoms with Gasteiger partial charge in [-0.25, -0.2) is 20.8 Å². The summed E-state index contributed by atoms with van der Waals surface area (Å²) in [5.41, 5.74) is -0.849. The molecule has 5 rings (SSSR count). The van der Waals surface area contributed by atoms with Crippen molar-refractivity contribution in [2.75, 3.05) is 43.3 Å². The van der Waals surface area contributed by atoms with Crippen molar-refractivity contribution in [3.05, 3.63) is 70.4 Å². The van der Waals surface area contributed by atoms with Crippen LogP contribution in [0.15, 0.2) is 36.5 Å². The van der Waals surface area contributed by atoms with Crippen molar-refractivity contribution in [3.63, 3.8) is 0 Å². The molecule has 3 aromatic rings. The topological polar surface area (TPSA) is 89.6 Å². The lowest BCUT2D eigenvalue weighted by Crippen LogP contribution is -2.46. The number of methoxy groups -OCH3 is 1. The highest BCUT2D eigenvalue weighted by Gasteiger charge is 2.38. The summed E-state index contributed by atoms with van der Waals surface area (Å²) in [6.07, 6.45) is -7.41. The van der Waals surface area contributed by atoms with Crippen molar-refractivity contribution < 1.29 is 35.8 Å². The first-order chi connectivity index (χ1) is 19.9. The van der Waals surface area contributed by atoms with Gasteiger partial charge in [-0.05, 0) is 42.7 Å². The van der Waals surface area contributed by atoms with E-state index in [-0.39, 0.29) is 24.1 Å². The number of hydrogen-bond acceptors (Lipinski definition) is 8. The minimum absolute atomic E-state index is 0.0820. The molecule has 0 saturated carbocycles. The van der Waals surface area contributed by atoms with Gasteiger partial charge in [-0.3, -0.25) is 0 Å². The average molecular weight is 597 g/mol. The molecule has 8 nitrogen and oxygen atoms in total. The van der Waals surface area contributed by atoms with Crippen molar-refractivity contribution in [1.82, 2.24) is 15.0 Å². The van der Waals surface area contributed by atoms with E-state index >= 15 is 0 Å². The molecular weight excluding hydrogens is 566 g/mol. The van der Waals surface area contributed by atoms with Crippen molar-refractivity contribution in [3.8, 4) is 5.88 Å². The standard InChI is InChI=1S/C28H30F6N6O2/c1-3-19-14-20(25-22(40(19)35)4-5-24(38-25)41-2)26-36-15-23(39-6-8-42-9-7-39)21(37-26)12-16-10-17(27(29,30)31)13-18(11-16)28(32,33)34/h4-5,10-11,13,15,19-20H,3,6-9,12,14,35H2,1-2H3/t19-,20+/m1/s1. The summed E-state index contributed by atoms with van der Waals surface area (Å²) < 4.78 is 92.4. The summed E-state index contributed by atoms with van der Waals surface area (Å²) in [5.74, 6) is 6.66. The Bertz CT molecular complexity index is 1390. The number of aromatic nitrogens is 3. The zero-order valence-corrected chi connectivity index (χ0v) is 23.0. The molecule has 2 aliphatic heterocycles. The minimum atomic E-state index is -4.96. The van der Waals surface area contributed by atoms with E-state index < -0.39 is 29.4 Å². The number of alkyl halides is 6. The number of pyridine rings is 1. The molecule has 1 aromatic carbocycles. The largest absolute Gasteiger partial charge is 0.481 e. The number of halogens is 6. The van der Waals surface area contributed by atoms with E-state index in [1.165, 1.54) is 7.11 Å². The normalized spacial score (nSPS) is 19.5. The van der Waals surface area contributed by atoms with Crippen LogP contribution in [0.2, 0.25) is 0 Å². The van der Waals surface area contributed by atoms with Crippen LogP contribution in [-0.4, -0.2) is 54.4 Å². The highest BCUT2D eigenvalue weighted by atomic mass is 19.4. The Morgan fingerprint density at radius 3 is 2.24 bits per heavy atom. The van der Waals surface area contributed by atoms with Crippen LogP contribution < -0.4 is 20.5 Å². The molecule has 0 amide bonds. The Morgan fingerprint density at radius 2 is 1.64 bits per heavy atom. The van der Waals surface area contributed by atoms with Crippen molar-refractivity contribution >= 4 is 11.4 Å². The van der Waals surface area contributed by atoms with Crippen molar-refractivity contribution in [2.24, 2.45) is 5.84 Å². The number of benzene rings is 1. The smallest absolute Gasteiger partial charge is 0.416 e. The molecular formula is C28H30F6N6O2. The van der Waals surface area contributed by atoms with E-state index in [9.17, 15) is 26.3 Å². The number of nitrogens with zero attached hydrogens (tertiary/aromatic N) is 5. The maximum Gasteiger partial charge on any atom is 0.416 e. The van der Waals surface area contributed by atoms with Crippen LogP contribution >= 0.6 is 0 Å². The molecule has 14 heteroatoms. The Labute approximate surface area is 238 Å². The molecule has 1 fully saturated rings. The molecule has 0 unspecified atom stereocenters.